The van der Waals surface area contributed by atoms with Crippen molar-refractivity contribution >= 4 is 29.8 Å². The van der Waals surface area contributed by atoms with Crippen molar-refractivity contribution in [2.75, 3.05) is 13.7 Å². The second-order valence-corrected chi connectivity index (χ2v) is 15.0. The molecule has 4 aliphatic rings. The van der Waals surface area contributed by atoms with Crippen molar-refractivity contribution in [3.05, 3.63) is 47.0 Å². The molecule has 0 bridgehead atoms. The van der Waals surface area contributed by atoms with Crippen molar-refractivity contribution in [3.63, 3.8) is 0 Å². The van der Waals surface area contributed by atoms with Gasteiger partial charge in [-0.05, 0) is 50.3 Å². The van der Waals surface area contributed by atoms with E-state index in [-0.39, 0.29) is 25.4 Å². The molecule has 1 aliphatic heterocycles. The normalized spacial score (nSPS) is 37.8. The topological polar surface area (TPSA) is 154 Å². The van der Waals surface area contributed by atoms with Gasteiger partial charge in [0.25, 0.3) is 0 Å². The van der Waals surface area contributed by atoms with Crippen molar-refractivity contribution in [1.29, 1.82) is 0 Å². The third-order valence-electron chi connectivity index (χ3n) is 12.3. The van der Waals surface area contributed by atoms with Crippen LogP contribution in [-0.2, 0) is 52.4 Å². The Labute approximate surface area is 293 Å². The highest BCUT2D eigenvalue weighted by atomic mass is 16.6. The maximum atomic E-state index is 13.8. The molecule has 50 heavy (non-hydrogen) atoms. The minimum atomic E-state index is -1.26. The largest absolute Gasteiger partial charge is 0.472 e. The highest BCUT2D eigenvalue weighted by molar-refractivity contribution is 5.88. The van der Waals surface area contributed by atoms with Gasteiger partial charge in [-0.15, -0.1) is 0 Å². The summed E-state index contributed by atoms with van der Waals surface area (Å²) in [6.45, 7) is 15.4. The Morgan fingerprint density at radius 3 is 2.12 bits per heavy atom. The molecule has 0 radical (unpaired) electrons. The molecule has 1 saturated heterocycles. The van der Waals surface area contributed by atoms with Crippen molar-refractivity contribution in [1.82, 2.24) is 0 Å². The second-order valence-electron chi connectivity index (χ2n) is 15.0. The minimum Gasteiger partial charge on any atom is -0.472 e. The van der Waals surface area contributed by atoms with E-state index in [0.717, 1.165) is 11.1 Å². The zero-order valence-corrected chi connectivity index (χ0v) is 30.7. The lowest BCUT2D eigenvalue weighted by atomic mass is 9.39. The highest BCUT2D eigenvalue weighted by Crippen LogP contribution is 2.72. The molecule has 1 aromatic rings. The summed E-state index contributed by atoms with van der Waals surface area (Å²) in [6.07, 6.45) is 1.11. The molecule has 12 heteroatoms. The Hall–Kier alpha value is -3.93. The molecule has 12 nitrogen and oxygen atoms in total. The number of hydrogen-bond donors (Lipinski definition) is 0. The van der Waals surface area contributed by atoms with E-state index in [0.29, 0.717) is 17.6 Å². The molecule has 0 aromatic carbocycles. The van der Waals surface area contributed by atoms with Gasteiger partial charge in [0.05, 0.1) is 32.3 Å². The Kier molecular flexibility index (Phi) is 10.2. The van der Waals surface area contributed by atoms with E-state index in [4.69, 9.17) is 32.8 Å². The van der Waals surface area contributed by atoms with Crippen LogP contribution in [0.5, 0.6) is 0 Å². The maximum Gasteiger partial charge on any atom is 0.333 e. The van der Waals surface area contributed by atoms with Crippen LogP contribution in [0.15, 0.2) is 45.8 Å². The standard InChI is InChI=1S/C38H50O12/c1-11-19(2)35(43)50-34-32-33-36(7,18-46-32)28(48-22(5)40)16-29(49-23(6)41)37(33,8)27(15-30(42)44-10)38(34,9)31-20(3)25(24-12-13-45-17-24)14-26(31)47-21(4)39/h11-13,17,25-29,32-34H,14-16,18H2,1-10H3/t25-,26+,27-,28-,29+,32-,33-,34?,36-,37+,38-/m1/s1. The zero-order chi connectivity index (χ0) is 36.9. The lowest BCUT2D eigenvalue weighted by Gasteiger charge is -2.66. The van der Waals surface area contributed by atoms with Crippen LogP contribution < -0.4 is 0 Å². The molecule has 1 unspecified atom stereocenters. The summed E-state index contributed by atoms with van der Waals surface area (Å²) in [5, 5.41) is 0. The SMILES string of the molecule is CC=C(C)C(=O)OC1[C@@H]2OC[C@@]3(C)[C@@H]2[C@](C)([C@@H](OC(C)=O)C[C@H]3OC(C)=O)[C@@H](CC(=O)OC)[C@]1(C)C1=C(C)[C@H](c2ccoc2)C[C@@H]1OC(C)=O. The van der Waals surface area contributed by atoms with Crippen molar-refractivity contribution in [3.8, 4) is 0 Å². The van der Waals surface area contributed by atoms with Gasteiger partial charge < -0.3 is 32.8 Å². The van der Waals surface area contributed by atoms with Crippen LogP contribution in [0.1, 0.15) is 93.1 Å². The summed E-state index contributed by atoms with van der Waals surface area (Å²) < 4.78 is 42.2. The number of rotatable bonds is 9. The summed E-state index contributed by atoms with van der Waals surface area (Å²) >= 11 is 0. The Bertz CT molecular complexity index is 1590. The molecule has 11 atom stereocenters. The molecule has 2 saturated carbocycles. The fraction of sp³-hybridized carbons (Fsp3) is 0.658. The Balaban J connectivity index is 1.85. The van der Waals surface area contributed by atoms with Gasteiger partial charge in [-0.1, -0.05) is 32.4 Å². The summed E-state index contributed by atoms with van der Waals surface area (Å²) in [5.74, 6) is -4.12. The van der Waals surface area contributed by atoms with Crippen LogP contribution in [0, 0.1) is 28.1 Å². The predicted octanol–water partition coefficient (Wildman–Crippen LogP) is 5.39. The van der Waals surface area contributed by atoms with E-state index in [1.54, 1.807) is 32.4 Å². The first-order valence-corrected chi connectivity index (χ1v) is 17.2. The molecule has 0 amide bonds. The van der Waals surface area contributed by atoms with Crippen LogP contribution in [0.25, 0.3) is 0 Å². The molecule has 3 fully saturated rings. The van der Waals surface area contributed by atoms with Crippen LogP contribution in [0.2, 0.25) is 0 Å². The van der Waals surface area contributed by atoms with Crippen LogP contribution >= 0.6 is 0 Å². The third kappa shape index (κ3) is 5.96. The number of hydrogen-bond acceptors (Lipinski definition) is 12. The van der Waals surface area contributed by atoms with Gasteiger partial charge in [0.15, 0.2) is 0 Å². The van der Waals surface area contributed by atoms with Crippen LogP contribution in [-0.4, -0.2) is 74.1 Å². The number of ether oxygens (including phenoxy) is 6. The molecule has 2 heterocycles. The monoisotopic (exact) mass is 698 g/mol. The van der Waals surface area contributed by atoms with E-state index in [2.05, 4.69) is 0 Å². The molecular formula is C38H50O12. The number of furan rings is 1. The molecule has 3 aliphatic carbocycles. The third-order valence-corrected chi connectivity index (χ3v) is 12.3. The first-order valence-electron chi connectivity index (χ1n) is 17.2. The summed E-state index contributed by atoms with van der Waals surface area (Å²) in [4.78, 5) is 65.5. The van der Waals surface area contributed by atoms with Gasteiger partial charge in [0.2, 0.25) is 0 Å². The van der Waals surface area contributed by atoms with E-state index >= 15 is 0 Å². The number of esters is 5. The lowest BCUT2D eigenvalue weighted by Crippen LogP contribution is -2.72. The van der Waals surface area contributed by atoms with Crippen LogP contribution in [0.3, 0.4) is 0 Å². The minimum absolute atomic E-state index is 0.142. The Morgan fingerprint density at radius 1 is 0.920 bits per heavy atom. The molecule has 0 spiro atoms. The van der Waals surface area contributed by atoms with Crippen molar-refractivity contribution < 1.29 is 56.8 Å². The Morgan fingerprint density at radius 2 is 1.56 bits per heavy atom. The highest BCUT2D eigenvalue weighted by Gasteiger charge is 2.77. The quantitative estimate of drug-likeness (QED) is 0.141. The molecule has 1 aromatic heterocycles. The lowest BCUT2D eigenvalue weighted by molar-refractivity contribution is -0.260. The van der Waals surface area contributed by atoms with E-state index < -0.39 is 88.4 Å². The fourth-order valence-corrected chi connectivity index (χ4v) is 10.2. The predicted molar refractivity (Wildman–Crippen MR) is 177 cm³/mol. The fourth-order valence-electron chi connectivity index (χ4n) is 10.2. The van der Waals surface area contributed by atoms with E-state index in [1.165, 1.54) is 27.9 Å². The number of carbonyl (C=O) groups is 5. The molecule has 274 valence electrons. The summed E-state index contributed by atoms with van der Waals surface area (Å²) in [6, 6.07) is 1.86. The van der Waals surface area contributed by atoms with E-state index in [1.807, 2.05) is 33.8 Å². The van der Waals surface area contributed by atoms with Crippen molar-refractivity contribution in [2.45, 2.75) is 118 Å². The smallest absolute Gasteiger partial charge is 0.333 e. The van der Waals surface area contributed by atoms with Crippen molar-refractivity contribution in [2.24, 2.45) is 28.1 Å². The van der Waals surface area contributed by atoms with Gasteiger partial charge in [0.1, 0.15) is 24.4 Å². The summed E-state index contributed by atoms with van der Waals surface area (Å²) in [5.41, 5.74) is -0.300. The first-order chi connectivity index (χ1) is 23.4. The van der Waals surface area contributed by atoms with Gasteiger partial charge in [-0.2, -0.15) is 0 Å². The molecule has 5 rings (SSSR count). The number of methoxy groups -OCH3 is 1. The zero-order valence-electron chi connectivity index (χ0n) is 30.7. The number of allylic oxidation sites excluding steroid dienone is 2. The van der Waals surface area contributed by atoms with Gasteiger partial charge in [-0.3, -0.25) is 19.2 Å². The van der Waals surface area contributed by atoms with E-state index in [9.17, 15) is 24.0 Å². The van der Waals surface area contributed by atoms with Gasteiger partial charge in [0, 0.05) is 67.3 Å². The number of carbonyl (C=O) groups excluding carboxylic acids is 5. The van der Waals surface area contributed by atoms with Crippen LogP contribution in [0.4, 0.5) is 0 Å². The first kappa shape index (κ1) is 37.3. The average Bonchev–Trinajstić information content (AvgIpc) is 3.77. The second kappa shape index (κ2) is 13.7. The van der Waals surface area contributed by atoms with Gasteiger partial charge >= 0.3 is 29.8 Å². The average molecular weight is 699 g/mol. The maximum absolute atomic E-state index is 13.8. The summed E-state index contributed by atoms with van der Waals surface area (Å²) in [7, 11) is 1.31. The van der Waals surface area contributed by atoms with Gasteiger partial charge in [-0.25, -0.2) is 4.79 Å². The molecule has 0 N–H and O–H groups in total. The molecular weight excluding hydrogens is 648 g/mol.